The van der Waals surface area contributed by atoms with E-state index < -0.39 is 0 Å². The standard InChI is InChI=1S/C10H21NO/c1-4-10(3)5-7-11(8-6-10)9(2)12/h9,12H,4-8H2,1-3H3. The van der Waals surface area contributed by atoms with Gasteiger partial charge in [-0.2, -0.15) is 0 Å². The van der Waals surface area contributed by atoms with Gasteiger partial charge in [0.2, 0.25) is 0 Å². The molecule has 1 N–H and O–H groups in total. The lowest BCUT2D eigenvalue weighted by atomic mass is 9.78. The van der Waals surface area contributed by atoms with E-state index in [2.05, 4.69) is 18.7 Å². The second kappa shape index (κ2) is 3.75. The molecule has 2 heteroatoms. The molecule has 0 saturated carbocycles. The minimum atomic E-state index is -0.258. The summed E-state index contributed by atoms with van der Waals surface area (Å²) in [7, 11) is 0. The first kappa shape index (κ1) is 10.0. The average Bonchev–Trinajstić information content (AvgIpc) is 2.05. The normalized spacial score (nSPS) is 27.0. The lowest BCUT2D eigenvalue weighted by Gasteiger charge is -2.40. The predicted molar refractivity (Wildman–Crippen MR) is 50.9 cm³/mol. The topological polar surface area (TPSA) is 23.5 Å². The minimum Gasteiger partial charge on any atom is -0.379 e. The van der Waals surface area contributed by atoms with Crippen LogP contribution in [0.2, 0.25) is 0 Å². The summed E-state index contributed by atoms with van der Waals surface area (Å²) in [4.78, 5) is 2.15. The van der Waals surface area contributed by atoms with E-state index in [1.807, 2.05) is 6.92 Å². The number of aliphatic hydroxyl groups is 1. The van der Waals surface area contributed by atoms with Crippen molar-refractivity contribution in [3.63, 3.8) is 0 Å². The summed E-state index contributed by atoms with van der Waals surface area (Å²) in [6.07, 6.45) is 3.47. The molecule has 1 saturated heterocycles. The summed E-state index contributed by atoms with van der Waals surface area (Å²) >= 11 is 0. The number of hydrogen-bond acceptors (Lipinski definition) is 2. The molecule has 0 bridgehead atoms. The van der Waals surface area contributed by atoms with Crippen molar-refractivity contribution in [2.24, 2.45) is 5.41 Å². The molecule has 1 heterocycles. The Kier molecular flexibility index (Phi) is 3.13. The van der Waals surface area contributed by atoms with E-state index >= 15 is 0 Å². The highest BCUT2D eigenvalue weighted by Crippen LogP contribution is 2.34. The van der Waals surface area contributed by atoms with Crippen LogP contribution in [-0.4, -0.2) is 29.3 Å². The third-order valence-corrected chi connectivity index (χ3v) is 3.39. The second-order valence-corrected chi connectivity index (χ2v) is 4.33. The van der Waals surface area contributed by atoms with Gasteiger partial charge in [0, 0.05) is 13.1 Å². The van der Waals surface area contributed by atoms with Gasteiger partial charge in [-0.1, -0.05) is 20.3 Å². The monoisotopic (exact) mass is 171 g/mol. The van der Waals surface area contributed by atoms with Gasteiger partial charge in [-0.3, -0.25) is 4.90 Å². The molecule has 72 valence electrons. The highest BCUT2D eigenvalue weighted by molar-refractivity contribution is 4.81. The minimum absolute atomic E-state index is 0.258. The Hall–Kier alpha value is -0.0800. The van der Waals surface area contributed by atoms with E-state index in [9.17, 15) is 5.11 Å². The summed E-state index contributed by atoms with van der Waals surface area (Å²) in [5.41, 5.74) is 0.533. The van der Waals surface area contributed by atoms with Gasteiger partial charge in [-0.15, -0.1) is 0 Å². The maximum Gasteiger partial charge on any atom is 0.104 e. The predicted octanol–water partition coefficient (Wildman–Crippen LogP) is 1.84. The second-order valence-electron chi connectivity index (χ2n) is 4.33. The van der Waals surface area contributed by atoms with Crippen molar-refractivity contribution in [3.05, 3.63) is 0 Å². The van der Waals surface area contributed by atoms with E-state index in [0.717, 1.165) is 13.1 Å². The van der Waals surface area contributed by atoms with E-state index in [-0.39, 0.29) is 6.23 Å². The smallest absolute Gasteiger partial charge is 0.104 e. The van der Waals surface area contributed by atoms with Crippen LogP contribution in [0.3, 0.4) is 0 Å². The van der Waals surface area contributed by atoms with Crippen LogP contribution in [0.1, 0.15) is 40.0 Å². The summed E-state index contributed by atoms with van der Waals surface area (Å²) in [6.45, 7) is 8.59. The lowest BCUT2D eigenvalue weighted by Crippen LogP contribution is -2.42. The lowest BCUT2D eigenvalue weighted by molar-refractivity contribution is -0.0201. The maximum atomic E-state index is 9.35. The Morgan fingerprint density at radius 3 is 2.25 bits per heavy atom. The highest BCUT2D eigenvalue weighted by atomic mass is 16.3. The van der Waals surface area contributed by atoms with Crippen molar-refractivity contribution in [1.82, 2.24) is 4.90 Å². The number of aliphatic hydroxyl groups excluding tert-OH is 1. The van der Waals surface area contributed by atoms with E-state index in [1.54, 1.807) is 0 Å². The van der Waals surface area contributed by atoms with Crippen molar-refractivity contribution in [3.8, 4) is 0 Å². The molecule has 1 unspecified atom stereocenters. The van der Waals surface area contributed by atoms with Crippen LogP contribution in [0, 0.1) is 5.41 Å². The van der Waals surface area contributed by atoms with Gasteiger partial charge in [-0.05, 0) is 25.2 Å². The molecule has 1 aliphatic rings. The number of rotatable bonds is 2. The number of likely N-dealkylation sites (tertiary alicyclic amines) is 1. The van der Waals surface area contributed by atoms with Gasteiger partial charge >= 0.3 is 0 Å². The van der Waals surface area contributed by atoms with Crippen LogP contribution in [0.15, 0.2) is 0 Å². The molecule has 1 rings (SSSR count). The van der Waals surface area contributed by atoms with Crippen molar-refractivity contribution >= 4 is 0 Å². The quantitative estimate of drug-likeness (QED) is 0.685. The maximum absolute atomic E-state index is 9.35. The van der Waals surface area contributed by atoms with Crippen LogP contribution in [0.4, 0.5) is 0 Å². The van der Waals surface area contributed by atoms with Gasteiger partial charge in [0.15, 0.2) is 0 Å². The first-order valence-electron chi connectivity index (χ1n) is 4.99. The summed E-state index contributed by atoms with van der Waals surface area (Å²) < 4.78 is 0. The molecule has 12 heavy (non-hydrogen) atoms. The fraction of sp³-hybridized carbons (Fsp3) is 1.00. The Morgan fingerprint density at radius 2 is 1.92 bits per heavy atom. The SMILES string of the molecule is CCC1(C)CCN(C(C)O)CC1. The molecule has 1 fully saturated rings. The Bertz CT molecular complexity index is 137. The van der Waals surface area contributed by atoms with Gasteiger partial charge in [0.05, 0.1) is 0 Å². The van der Waals surface area contributed by atoms with Gasteiger partial charge in [0.1, 0.15) is 6.23 Å². The molecule has 0 aromatic carbocycles. The molecule has 0 spiro atoms. The average molecular weight is 171 g/mol. The first-order valence-corrected chi connectivity index (χ1v) is 4.99. The molecule has 0 aromatic heterocycles. The fourth-order valence-electron chi connectivity index (χ4n) is 1.79. The molecule has 1 atom stereocenters. The number of nitrogens with zero attached hydrogens (tertiary/aromatic N) is 1. The van der Waals surface area contributed by atoms with Gasteiger partial charge in [-0.25, -0.2) is 0 Å². The van der Waals surface area contributed by atoms with Crippen molar-refractivity contribution in [2.45, 2.75) is 46.3 Å². The zero-order valence-corrected chi connectivity index (χ0v) is 8.51. The zero-order valence-electron chi connectivity index (χ0n) is 8.51. The molecule has 0 aromatic rings. The van der Waals surface area contributed by atoms with Crippen LogP contribution >= 0.6 is 0 Å². The Morgan fingerprint density at radius 1 is 1.42 bits per heavy atom. The molecular formula is C10H21NO. The zero-order chi connectivity index (χ0) is 9.19. The molecule has 2 nitrogen and oxygen atoms in total. The largest absolute Gasteiger partial charge is 0.379 e. The van der Waals surface area contributed by atoms with E-state index in [0.29, 0.717) is 5.41 Å². The molecule has 1 aliphatic heterocycles. The van der Waals surface area contributed by atoms with Crippen molar-refractivity contribution < 1.29 is 5.11 Å². The first-order chi connectivity index (χ1) is 5.57. The van der Waals surface area contributed by atoms with Crippen molar-refractivity contribution in [1.29, 1.82) is 0 Å². The van der Waals surface area contributed by atoms with E-state index in [1.165, 1.54) is 19.3 Å². The third-order valence-electron chi connectivity index (χ3n) is 3.39. The molecular weight excluding hydrogens is 150 g/mol. The van der Waals surface area contributed by atoms with Crippen LogP contribution in [-0.2, 0) is 0 Å². The van der Waals surface area contributed by atoms with Gasteiger partial charge < -0.3 is 5.11 Å². The molecule has 0 radical (unpaired) electrons. The van der Waals surface area contributed by atoms with Crippen LogP contribution in [0.25, 0.3) is 0 Å². The van der Waals surface area contributed by atoms with E-state index in [4.69, 9.17) is 0 Å². The third kappa shape index (κ3) is 2.20. The number of hydrogen-bond donors (Lipinski definition) is 1. The molecule has 0 aliphatic carbocycles. The van der Waals surface area contributed by atoms with Crippen LogP contribution in [0.5, 0.6) is 0 Å². The number of piperidine rings is 1. The summed E-state index contributed by atoms with van der Waals surface area (Å²) in [6, 6.07) is 0. The fourth-order valence-corrected chi connectivity index (χ4v) is 1.79. The summed E-state index contributed by atoms with van der Waals surface area (Å²) in [5.74, 6) is 0. The van der Waals surface area contributed by atoms with Gasteiger partial charge in [0.25, 0.3) is 0 Å². The van der Waals surface area contributed by atoms with Crippen LogP contribution < -0.4 is 0 Å². The summed E-state index contributed by atoms with van der Waals surface area (Å²) in [5, 5.41) is 9.35. The van der Waals surface area contributed by atoms with Crippen molar-refractivity contribution in [2.75, 3.05) is 13.1 Å². The Labute approximate surface area is 75.6 Å². The Balaban J connectivity index is 2.39. The molecule has 0 amide bonds. The highest BCUT2D eigenvalue weighted by Gasteiger charge is 2.29.